The lowest BCUT2D eigenvalue weighted by atomic mass is 10.1. The fourth-order valence-corrected chi connectivity index (χ4v) is 4.26. The lowest BCUT2D eigenvalue weighted by Gasteiger charge is -2.11. The summed E-state index contributed by atoms with van der Waals surface area (Å²) in [5.41, 5.74) is -1.22. The normalized spacial score (nSPS) is 11.7. The van der Waals surface area contributed by atoms with Crippen molar-refractivity contribution >= 4 is 40.6 Å². The highest BCUT2D eigenvalue weighted by Crippen LogP contribution is 2.35. The summed E-state index contributed by atoms with van der Waals surface area (Å²) in [5, 5.41) is 9.99. The molecule has 0 fully saturated rings. The molecule has 200 valence electrons. The van der Waals surface area contributed by atoms with Crippen LogP contribution in [0.4, 0.5) is 23.4 Å². The maximum Gasteiger partial charge on any atom is 0.433 e. The number of anilines is 1. The second kappa shape index (κ2) is 10.2. The number of rotatable bonds is 6. The molecule has 0 saturated heterocycles. The molecule has 14 heteroatoms. The smallest absolute Gasteiger partial charge is 0.433 e. The highest BCUT2D eigenvalue weighted by molar-refractivity contribution is 6.37. The number of alkyl halides is 3. The van der Waals surface area contributed by atoms with Crippen molar-refractivity contribution in [1.29, 1.82) is 0 Å². The van der Waals surface area contributed by atoms with Crippen molar-refractivity contribution in [2.45, 2.75) is 12.7 Å². The van der Waals surface area contributed by atoms with Crippen LogP contribution in [0.2, 0.25) is 10.0 Å². The third-order valence-corrected chi connectivity index (χ3v) is 6.21. The van der Waals surface area contributed by atoms with Gasteiger partial charge >= 0.3 is 6.18 Å². The predicted octanol–water partition coefficient (Wildman–Crippen LogP) is 6.37. The van der Waals surface area contributed by atoms with Crippen molar-refractivity contribution in [2.24, 2.45) is 0 Å². The SMILES string of the molecule is COc1cccc(-c2cc(C(F)(F)F)n3nc(C(=O)Nc4nn(Cc5cccc(F)c5)cc4Cl)c(Cl)c3n2)c1. The first-order valence-electron chi connectivity index (χ1n) is 11.1. The maximum absolute atomic E-state index is 14.0. The van der Waals surface area contributed by atoms with E-state index in [1.54, 1.807) is 24.3 Å². The average molecular weight is 579 g/mol. The molecule has 3 aromatic heterocycles. The summed E-state index contributed by atoms with van der Waals surface area (Å²) in [6, 6.07) is 12.9. The number of carbonyl (C=O) groups excluding carboxylic acids is 1. The summed E-state index contributed by atoms with van der Waals surface area (Å²) in [7, 11) is 1.42. The number of hydrogen-bond acceptors (Lipinski definition) is 5. The van der Waals surface area contributed by atoms with Crippen molar-refractivity contribution < 1.29 is 27.1 Å². The Kier molecular flexibility index (Phi) is 6.91. The van der Waals surface area contributed by atoms with E-state index in [-0.39, 0.29) is 28.7 Å². The molecule has 5 rings (SSSR count). The molecule has 2 aromatic carbocycles. The third kappa shape index (κ3) is 5.38. The standard InChI is InChI=1S/C25H16Cl2F4N6O2/c1-39-16-7-3-5-14(9-16)18-10-19(25(29,30)31)37-23(32-18)20(27)21(34-37)24(38)33-22-17(26)12-36(35-22)11-13-4-2-6-15(28)8-13/h2-10,12H,11H2,1H3,(H,33,35,38). The molecular weight excluding hydrogens is 563 g/mol. The van der Waals surface area contributed by atoms with Crippen molar-refractivity contribution in [3.63, 3.8) is 0 Å². The van der Waals surface area contributed by atoms with Crippen molar-refractivity contribution in [1.82, 2.24) is 24.4 Å². The van der Waals surface area contributed by atoms with E-state index in [2.05, 4.69) is 20.5 Å². The van der Waals surface area contributed by atoms with Crippen molar-refractivity contribution in [3.05, 3.63) is 93.6 Å². The minimum absolute atomic E-state index is 0.0362. The molecule has 3 heterocycles. The number of fused-ring (bicyclic) bond motifs is 1. The van der Waals surface area contributed by atoms with Gasteiger partial charge in [0.1, 0.15) is 21.6 Å². The average Bonchev–Trinajstić information content (AvgIpc) is 3.41. The Morgan fingerprint density at radius 1 is 1.08 bits per heavy atom. The van der Waals surface area contributed by atoms with Crippen LogP contribution in [0, 0.1) is 5.82 Å². The van der Waals surface area contributed by atoms with Gasteiger partial charge in [-0.3, -0.25) is 9.48 Å². The molecule has 0 spiro atoms. The van der Waals surface area contributed by atoms with E-state index in [0.29, 0.717) is 21.4 Å². The number of aromatic nitrogens is 5. The van der Waals surface area contributed by atoms with Gasteiger partial charge in [0.15, 0.2) is 22.9 Å². The van der Waals surface area contributed by atoms with E-state index >= 15 is 0 Å². The Hall–Kier alpha value is -4.16. The molecule has 8 nitrogen and oxygen atoms in total. The van der Waals surface area contributed by atoms with Crippen LogP contribution in [0.15, 0.2) is 60.8 Å². The number of hydrogen-bond donors (Lipinski definition) is 1. The van der Waals surface area contributed by atoms with Gasteiger partial charge in [0.05, 0.1) is 19.3 Å². The topological polar surface area (TPSA) is 86.3 Å². The number of methoxy groups -OCH3 is 1. The first-order chi connectivity index (χ1) is 18.5. The lowest BCUT2D eigenvalue weighted by molar-refractivity contribution is -0.142. The minimum Gasteiger partial charge on any atom is -0.497 e. The van der Waals surface area contributed by atoms with Gasteiger partial charge in [-0.05, 0) is 35.9 Å². The van der Waals surface area contributed by atoms with Gasteiger partial charge in [-0.2, -0.15) is 23.4 Å². The van der Waals surface area contributed by atoms with E-state index in [1.807, 2.05) is 0 Å². The van der Waals surface area contributed by atoms with Crippen LogP contribution in [-0.4, -0.2) is 37.4 Å². The Balaban J connectivity index is 1.50. The first-order valence-corrected chi connectivity index (χ1v) is 11.9. The Bertz CT molecular complexity index is 1720. The largest absolute Gasteiger partial charge is 0.497 e. The molecule has 0 bridgehead atoms. The minimum atomic E-state index is -4.85. The van der Waals surface area contributed by atoms with Gasteiger partial charge in [-0.25, -0.2) is 13.9 Å². The molecule has 5 aromatic rings. The summed E-state index contributed by atoms with van der Waals surface area (Å²) in [6.07, 6.45) is -3.45. The van der Waals surface area contributed by atoms with Crippen LogP contribution in [0.1, 0.15) is 21.7 Å². The predicted molar refractivity (Wildman–Crippen MR) is 136 cm³/mol. The molecule has 0 unspecified atom stereocenters. The van der Waals surface area contributed by atoms with Crippen LogP contribution in [-0.2, 0) is 12.7 Å². The summed E-state index contributed by atoms with van der Waals surface area (Å²) in [5.74, 6) is -1.06. The van der Waals surface area contributed by atoms with E-state index in [9.17, 15) is 22.4 Å². The molecule has 0 aliphatic heterocycles. The number of nitrogens with zero attached hydrogens (tertiary/aromatic N) is 5. The number of carbonyl (C=O) groups is 1. The van der Waals surface area contributed by atoms with Gasteiger partial charge in [0, 0.05) is 11.8 Å². The number of nitrogens with one attached hydrogen (secondary N) is 1. The quantitative estimate of drug-likeness (QED) is 0.237. The molecule has 0 aliphatic carbocycles. The van der Waals surface area contributed by atoms with Crippen LogP contribution in [0.25, 0.3) is 16.9 Å². The highest BCUT2D eigenvalue weighted by Gasteiger charge is 2.37. The van der Waals surface area contributed by atoms with Gasteiger partial charge in [0.2, 0.25) is 0 Å². The molecular formula is C25H16Cl2F4N6O2. The number of ether oxygens (including phenoxy) is 1. The van der Waals surface area contributed by atoms with Crippen molar-refractivity contribution in [2.75, 3.05) is 12.4 Å². The van der Waals surface area contributed by atoms with Gasteiger partial charge < -0.3 is 10.1 Å². The van der Waals surface area contributed by atoms with Gasteiger partial charge in [0.25, 0.3) is 5.91 Å². The zero-order chi connectivity index (χ0) is 27.9. The second-order valence-corrected chi connectivity index (χ2v) is 9.05. The third-order valence-electron chi connectivity index (χ3n) is 5.59. The maximum atomic E-state index is 14.0. The van der Waals surface area contributed by atoms with Crippen LogP contribution in [0.5, 0.6) is 5.75 Å². The molecule has 0 saturated carbocycles. The van der Waals surface area contributed by atoms with E-state index in [0.717, 1.165) is 6.07 Å². The molecule has 0 radical (unpaired) electrons. The Morgan fingerprint density at radius 3 is 2.56 bits per heavy atom. The van der Waals surface area contributed by atoms with E-state index < -0.39 is 34.3 Å². The molecule has 39 heavy (non-hydrogen) atoms. The van der Waals surface area contributed by atoms with Crippen LogP contribution < -0.4 is 10.1 Å². The zero-order valence-electron chi connectivity index (χ0n) is 19.8. The monoisotopic (exact) mass is 578 g/mol. The van der Waals surface area contributed by atoms with Gasteiger partial charge in [-0.1, -0.05) is 47.5 Å². The van der Waals surface area contributed by atoms with Gasteiger partial charge in [-0.15, -0.1) is 0 Å². The number of amides is 1. The molecule has 1 amide bonds. The summed E-state index contributed by atoms with van der Waals surface area (Å²) in [6.45, 7) is 0.147. The summed E-state index contributed by atoms with van der Waals surface area (Å²) >= 11 is 12.5. The molecule has 0 atom stereocenters. The van der Waals surface area contributed by atoms with E-state index in [4.69, 9.17) is 27.9 Å². The Morgan fingerprint density at radius 2 is 1.85 bits per heavy atom. The van der Waals surface area contributed by atoms with Crippen molar-refractivity contribution in [3.8, 4) is 17.0 Å². The Labute approximate surface area is 227 Å². The number of halogens is 6. The fourth-order valence-electron chi connectivity index (χ4n) is 3.82. The second-order valence-electron chi connectivity index (χ2n) is 8.26. The van der Waals surface area contributed by atoms with Crippen LogP contribution in [0.3, 0.4) is 0 Å². The highest BCUT2D eigenvalue weighted by atomic mass is 35.5. The summed E-state index contributed by atoms with van der Waals surface area (Å²) in [4.78, 5) is 17.3. The summed E-state index contributed by atoms with van der Waals surface area (Å²) < 4.78 is 62.4. The fraction of sp³-hybridized carbons (Fsp3) is 0.120. The molecule has 0 aliphatic rings. The number of benzene rings is 2. The molecule has 1 N–H and O–H groups in total. The zero-order valence-corrected chi connectivity index (χ0v) is 21.3. The van der Waals surface area contributed by atoms with Crippen LogP contribution >= 0.6 is 23.2 Å². The first kappa shape index (κ1) is 26.4. The lowest BCUT2D eigenvalue weighted by Crippen LogP contribution is -2.16. The van der Waals surface area contributed by atoms with E-state index in [1.165, 1.54) is 42.3 Å².